The third kappa shape index (κ3) is 5.02. The second kappa shape index (κ2) is 14.4. The van der Waals surface area contributed by atoms with Crippen molar-refractivity contribution in [3.05, 3.63) is 187 Å². The zero-order valence-electron chi connectivity index (χ0n) is 41.5. The predicted octanol–water partition coefficient (Wildman–Crippen LogP) is 10.00. The monoisotopic (exact) mass is 962 g/mol. The van der Waals surface area contributed by atoms with Crippen molar-refractivity contribution in [1.82, 2.24) is 0 Å². The summed E-state index contributed by atoms with van der Waals surface area (Å²) in [5.74, 6) is 4.97. The Bertz CT molecular complexity index is 3780. The maximum atomic E-state index is 7.34. The minimum atomic E-state index is -0.0982. The van der Waals surface area contributed by atoms with Gasteiger partial charge in [-0.1, -0.05) is 129 Å². The first-order valence-electron chi connectivity index (χ1n) is 27.9. The molecule has 0 N–H and O–H groups in total. The number of anilines is 10. The quantitative estimate of drug-likeness (QED) is 0.161. The van der Waals surface area contributed by atoms with Crippen LogP contribution in [-0.2, 0) is 0 Å². The molecule has 8 aliphatic heterocycles. The van der Waals surface area contributed by atoms with Crippen molar-refractivity contribution in [2.24, 2.45) is 0 Å². The average molecular weight is 963 g/mol. The van der Waals surface area contributed by atoms with Crippen molar-refractivity contribution >= 4 is 126 Å². The lowest BCUT2D eigenvalue weighted by atomic mass is 9.29. The summed E-state index contributed by atoms with van der Waals surface area (Å²) in [7, 11) is 0. The first kappa shape index (κ1) is 40.4. The van der Waals surface area contributed by atoms with Crippen LogP contribution in [0.5, 0.6) is 23.0 Å². The maximum absolute atomic E-state index is 7.34. The molecule has 2 aliphatic carbocycles. The number of rotatable bonds is 2. The molecule has 9 aromatic rings. The molecule has 10 aliphatic rings. The fraction of sp³-hybridized carbons (Fsp3) is 0.182. The highest BCUT2D eigenvalue weighted by molar-refractivity contribution is 7.04. The highest BCUT2D eigenvalue weighted by Crippen LogP contribution is 2.55. The summed E-state index contributed by atoms with van der Waals surface area (Å²) < 4.78 is 14.7. The molecule has 9 heteroatoms. The van der Waals surface area contributed by atoms with Crippen LogP contribution in [0.15, 0.2) is 176 Å². The van der Waals surface area contributed by atoms with Gasteiger partial charge in [-0.2, -0.15) is 0 Å². The topological polar surface area (TPSA) is 31.4 Å². The van der Waals surface area contributed by atoms with Gasteiger partial charge in [-0.05, 0) is 147 Å². The molecule has 4 atom stereocenters. The highest BCUT2D eigenvalue weighted by atomic mass is 16.5. The Morgan fingerprint density at radius 3 is 1.25 bits per heavy atom. The molecule has 0 bridgehead atoms. The molecule has 75 heavy (non-hydrogen) atoms. The average Bonchev–Trinajstić information content (AvgIpc) is 4.21. The number of benzene rings is 9. The molecule has 6 nitrogen and oxygen atoms in total. The normalized spacial score (nSPS) is 21.2. The first-order chi connectivity index (χ1) is 37.2. The molecule has 0 saturated heterocycles. The Kier molecular flexibility index (Phi) is 7.76. The van der Waals surface area contributed by atoms with Gasteiger partial charge in [0.2, 0.25) is 0 Å². The molecule has 4 unspecified atom stereocenters. The lowest BCUT2D eigenvalue weighted by Crippen LogP contribution is -2.66. The second-order valence-electron chi connectivity index (χ2n) is 23.1. The summed E-state index contributed by atoms with van der Waals surface area (Å²) in [6, 6.07) is 68.2. The van der Waals surface area contributed by atoms with E-state index in [0.717, 1.165) is 45.7 Å². The summed E-state index contributed by atoms with van der Waals surface area (Å²) >= 11 is 0. The van der Waals surface area contributed by atoms with Crippen molar-refractivity contribution in [3.63, 3.8) is 0 Å². The Morgan fingerprint density at radius 2 is 0.760 bits per heavy atom. The van der Waals surface area contributed by atoms with Crippen LogP contribution in [0.3, 0.4) is 0 Å². The molecule has 0 amide bonds. The molecule has 19 rings (SSSR count). The van der Waals surface area contributed by atoms with Crippen molar-refractivity contribution in [2.75, 3.05) is 19.6 Å². The van der Waals surface area contributed by atoms with Gasteiger partial charge >= 0.3 is 0 Å². The summed E-state index contributed by atoms with van der Waals surface area (Å²) in [4.78, 5) is 10.5. The Labute approximate surface area is 438 Å². The molecular formula is C66H49B3N4O2. The number of ether oxygens (including phenoxy) is 2. The molecule has 2 saturated carbocycles. The van der Waals surface area contributed by atoms with Gasteiger partial charge in [0.15, 0.2) is 0 Å². The largest absolute Gasteiger partial charge is 0.458 e. The van der Waals surface area contributed by atoms with Crippen LogP contribution in [0.4, 0.5) is 56.9 Å². The second-order valence-corrected chi connectivity index (χ2v) is 23.1. The molecular weight excluding hydrogens is 913 g/mol. The van der Waals surface area contributed by atoms with Gasteiger partial charge in [-0.3, -0.25) is 0 Å². The van der Waals surface area contributed by atoms with Crippen LogP contribution in [0, 0.1) is 0 Å². The fourth-order valence-electron chi connectivity index (χ4n) is 17.1. The van der Waals surface area contributed by atoms with Crippen LogP contribution >= 0.6 is 0 Å². The number of hydrogen-bond acceptors (Lipinski definition) is 6. The van der Waals surface area contributed by atoms with Gasteiger partial charge in [0.05, 0.1) is 0 Å². The molecule has 8 heterocycles. The van der Waals surface area contributed by atoms with Crippen molar-refractivity contribution in [3.8, 4) is 23.0 Å². The predicted molar refractivity (Wildman–Crippen MR) is 310 cm³/mol. The van der Waals surface area contributed by atoms with E-state index in [-0.39, 0.29) is 20.1 Å². The molecule has 0 spiro atoms. The van der Waals surface area contributed by atoms with Crippen molar-refractivity contribution in [1.29, 1.82) is 0 Å². The van der Waals surface area contributed by atoms with Gasteiger partial charge in [0.1, 0.15) is 23.0 Å². The van der Waals surface area contributed by atoms with Gasteiger partial charge in [-0.25, -0.2) is 0 Å². The van der Waals surface area contributed by atoms with Crippen LogP contribution in [-0.4, -0.2) is 32.2 Å². The Hall–Kier alpha value is -8.03. The number of nitrogens with zero attached hydrogens (tertiary/aromatic N) is 4. The van der Waals surface area contributed by atoms with Crippen molar-refractivity contribution in [2.45, 2.75) is 75.3 Å². The Balaban J connectivity index is 0.885. The van der Waals surface area contributed by atoms with Gasteiger partial charge < -0.3 is 29.1 Å². The van der Waals surface area contributed by atoms with Gasteiger partial charge in [0, 0.05) is 92.9 Å². The Morgan fingerprint density at radius 1 is 0.333 bits per heavy atom. The zero-order chi connectivity index (χ0) is 48.4. The minimum absolute atomic E-state index is 0.0307. The lowest BCUT2D eigenvalue weighted by Gasteiger charge is -2.46. The van der Waals surface area contributed by atoms with Crippen LogP contribution in [0.2, 0.25) is 0 Å². The maximum Gasteiger partial charge on any atom is 0.256 e. The van der Waals surface area contributed by atoms with Crippen molar-refractivity contribution < 1.29 is 9.47 Å². The highest BCUT2D eigenvalue weighted by Gasteiger charge is 2.54. The van der Waals surface area contributed by atoms with E-state index in [2.05, 4.69) is 196 Å². The summed E-state index contributed by atoms with van der Waals surface area (Å²) in [6.07, 6.45) is 10.1. The third-order valence-electron chi connectivity index (χ3n) is 19.7. The van der Waals surface area contributed by atoms with E-state index in [9.17, 15) is 0 Å². The first-order valence-corrected chi connectivity index (χ1v) is 27.9. The number of fused-ring (bicyclic) bond motifs is 18. The van der Waals surface area contributed by atoms with E-state index in [4.69, 9.17) is 9.47 Å². The number of para-hydroxylation sites is 4. The van der Waals surface area contributed by atoms with E-state index in [1.54, 1.807) is 11.1 Å². The summed E-state index contributed by atoms with van der Waals surface area (Å²) in [5, 5.41) is 0. The smallest absolute Gasteiger partial charge is 0.256 e. The lowest BCUT2D eigenvalue weighted by molar-refractivity contribution is 0.402. The number of hydrogen-bond donors (Lipinski definition) is 0. The summed E-state index contributed by atoms with van der Waals surface area (Å²) in [5.41, 5.74) is 27.5. The van der Waals surface area contributed by atoms with E-state index in [0.29, 0.717) is 23.9 Å². The molecule has 9 aromatic carbocycles. The van der Waals surface area contributed by atoms with E-state index in [1.807, 2.05) is 0 Å². The summed E-state index contributed by atoms with van der Waals surface area (Å²) in [6.45, 7) is -0.0367. The molecule has 2 fully saturated rings. The molecule has 354 valence electrons. The third-order valence-corrected chi connectivity index (χ3v) is 19.7. The SMILES string of the molecule is c1ccc(N2c3cc4c(cc3B3c5cc6c(cc5N(c5ccccc5)c5cccc2c53)Oc2cccc3c2B6c2cccc5c2N3C2CCCCC52)B2c3cccc5c3N(c3cccc(c32)O4)C2CCCCC52)cc1. The minimum Gasteiger partial charge on any atom is -0.458 e. The standard InChI is InChI=1S/C66H49B3N4O2/c1-3-16-38(17-4-1)70-52-28-13-29-53-62(52)69(46-34-48-60(36-56(46)70)74-58-32-14-30-54-63(58)67(48)44-24-11-22-42-40-20-7-9-26-50(40)72(54)65(42)44)47-35-49-61(37-57(47)71(53)39-18-5-2-6-19-39)75-59-33-15-31-55-64(59)68(49)45-25-12-23-43-41-21-8-10-27-51(41)73(55)66(43)45/h1-6,11-19,22-25,28-37,40-41,50-51H,7-10,20-21,26-27H2. The fourth-order valence-corrected chi connectivity index (χ4v) is 17.1. The zero-order valence-corrected chi connectivity index (χ0v) is 41.5. The van der Waals surface area contributed by atoms with E-state index >= 15 is 0 Å². The molecule has 0 radical (unpaired) electrons. The van der Waals surface area contributed by atoms with Crippen LogP contribution < -0.4 is 78.2 Å². The van der Waals surface area contributed by atoms with E-state index < -0.39 is 0 Å². The van der Waals surface area contributed by atoms with E-state index in [1.165, 1.54) is 135 Å². The van der Waals surface area contributed by atoms with Crippen LogP contribution in [0.25, 0.3) is 0 Å². The van der Waals surface area contributed by atoms with Gasteiger partial charge in [-0.15, -0.1) is 0 Å². The van der Waals surface area contributed by atoms with Gasteiger partial charge in [0.25, 0.3) is 20.1 Å². The molecule has 0 aromatic heterocycles. The van der Waals surface area contributed by atoms with Crippen LogP contribution in [0.1, 0.15) is 74.3 Å².